The molecule has 3 rings (SSSR count). The summed E-state index contributed by atoms with van der Waals surface area (Å²) in [5.74, 6) is 0.884. The number of carbonyl (C=O) groups excluding carboxylic acids is 1. The second-order valence-corrected chi connectivity index (χ2v) is 5.91. The van der Waals surface area contributed by atoms with Crippen molar-refractivity contribution in [3.05, 3.63) is 47.6 Å². The summed E-state index contributed by atoms with van der Waals surface area (Å²) in [6.45, 7) is 4.24. The molecular weight excluding hydrogens is 294 g/mol. The van der Waals surface area contributed by atoms with E-state index in [1.165, 1.54) is 0 Å². The van der Waals surface area contributed by atoms with Gasteiger partial charge in [-0.05, 0) is 19.4 Å². The Morgan fingerprint density at radius 3 is 2.74 bits per heavy atom. The molecule has 1 aromatic heterocycles. The number of benzene rings is 1. The van der Waals surface area contributed by atoms with Gasteiger partial charge in [-0.25, -0.2) is 0 Å². The van der Waals surface area contributed by atoms with Crippen LogP contribution in [-0.2, 0) is 9.53 Å². The quantitative estimate of drug-likeness (QED) is 0.867. The van der Waals surface area contributed by atoms with Crippen molar-refractivity contribution in [1.29, 1.82) is 0 Å². The third kappa shape index (κ3) is 3.12. The lowest BCUT2D eigenvalue weighted by Gasteiger charge is -2.25. The topological polar surface area (TPSA) is 68.5 Å². The molecule has 0 spiro atoms. The summed E-state index contributed by atoms with van der Waals surface area (Å²) in [4.78, 5) is 19.1. The first-order valence-corrected chi connectivity index (χ1v) is 7.78. The lowest BCUT2D eigenvalue weighted by molar-refractivity contribution is -0.134. The monoisotopic (exact) mass is 315 g/mol. The van der Waals surface area contributed by atoms with Gasteiger partial charge in [-0.15, -0.1) is 0 Å². The van der Waals surface area contributed by atoms with Crippen LogP contribution in [0.3, 0.4) is 0 Å². The summed E-state index contributed by atoms with van der Waals surface area (Å²) in [6.07, 6.45) is 0.657. The van der Waals surface area contributed by atoms with Crippen molar-refractivity contribution < 1.29 is 14.1 Å². The SMILES string of the molecule is CO[C@H]1C[C@H](c2nc(C)no2)N(C(=O)[C@H](C)c2ccccc2)C1. The number of aromatic nitrogens is 2. The van der Waals surface area contributed by atoms with E-state index in [-0.39, 0.29) is 24.0 Å². The molecule has 2 heterocycles. The molecule has 0 saturated carbocycles. The molecule has 3 atom stereocenters. The van der Waals surface area contributed by atoms with Gasteiger partial charge in [-0.3, -0.25) is 4.79 Å². The van der Waals surface area contributed by atoms with Gasteiger partial charge >= 0.3 is 0 Å². The van der Waals surface area contributed by atoms with Crippen molar-refractivity contribution >= 4 is 5.91 Å². The molecule has 2 aromatic rings. The van der Waals surface area contributed by atoms with Crippen LogP contribution in [0.1, 0.15) is 42.6 Å². The minimum atomic E-state index is -0.224. The number of ether oxygens (including phenoxy) is 1. The van der Waals surface area contributed by atoms with Gasteiger partial charge in [0.2, 0.25) is 11.8 Å². The third-order valence-electron chi connectivity index (χ3n) is 4.38. The Kier molecular flexibility index (Phi) is 4.43. The molecule has 0 unspecified atom stereocenters. The number of rotatable bonds is 4. The van der Waals surface area contributed by atoms with Gasteiger partial charge in [0.25, 0.3) is 0 Å². The van der Waals surface area contributed by atoms with E-state index in [1.807, 2.05) is 37.3 Å². The standard InChI is InChI=1S/C17H21N3O3/c1-11(13-7-5-4-6-8-13)17(21)20-10-14(22-3)9-15(20)16-18-12(2)19-23-16/h4-8,11,14-15H,9-10H2,1-3H3/t11-,14+,15-/m1/s1. The van der Waals surface area contributed by atoms with Crippen LogP contribution in [0.5, 0.6) is 0 Å². The summed E-state index contributed by atoms with van der Waals surface area (Å²) in [7, 11) is 1.66. The number of hydrogen-bond donors (Lipinski definition) is 0. The predicted molar refractivity (Wildman–Crippen MR) is 83.8 cm³/mol. The molecule has 1 amide bonds. The van der Waals surface area contributed by atoms with Crippen molar-refractivity contribution in [2.45, 2.75) is 38.3 Å². The number of amides is 1. The number of nitrogens with zero attached hydrogens (tertiary/aromatic N) is 3. The fraction of sp³-hybridized carbons (Fsp3) is 0.471. The van der Waals surface area contributed by atoms with Gasteiger partial charge in [-0.1, -0.05) is 35.5 Å². The van der Waals surface area contributed by atoms with Crippen LogP contribution in [0.4, 0.5) is 0 Å². The van der Waals surface area contributed by atoms with Crippen LogP contribution in [-0.4, -0.2) is 40.7 Å². The minimum absolute atomic E-state index is 0.0147. The average molecular weight is 315 g/mol. The molecule has 1 aliphatic rings. The lowest BCUT2D eigenvalue weighted by Crippen LogP contribution is -2.35. The van der Waals surface area contributed by atoms with Crippen LogP contribution >= 0.6 is 0 Å². The van der Waals surface area contributed by atoms with Crippen LogP contribution in [0, 0.1) is 6.92 Å². The molecule has 1 aliphatic heterocycles. The van der Waals surface area contributed by atoms with Crippen LogP contribution in [0.2, 0.25) is 0 Å². The van der Waals surface area contributed by atoms with E-state index in [9.17, 15) is 4.79 Å². The largest absolute Gasteiger partial charge is 0.380 e. The van der Waals surface area contributed by atoms with Crippen LogP contribution < -0.4 is 0 Å². The zero-order valence-electron chi connectivity index (χ0n) is 13.6. The van der Waals surface area contributed by atoms with Crippen molar-refractivity contribution in [3.8, 4) is 0 Å². The first kappa shape index (κ1) is 15.7. The van der Waals surface area contributed by atoms with Gasteiger partial charge in [0.05, 0.1) is 12.0 Å². The summed E-state index contributed by atoms with van der Waals surface area (Å²) >= 11 is 0. The number of hydrogen-bond acceptors (Lipinski definition) is 5. The summed E-state index contributed by atoms with van der Waals surface area (Å²) < 4.78 is 10.7. The van der Waals surface area contributed by atoms with Gasteiger partial charge in [-0.2, -0.15) is 4.98 Å². The number of carbonyl (C=O) groups is 1. The lowest BCUT2D eigenvalue weighted by atomic mass is 9.99. The van der Waals surface area contributed by atoms with Gasteiger partial charge in [0.1, 0.15) is 6.04 Å². The molecule has 0 bridgehead atoms. The summed E-state index contributed by atoms with van der Waals surface area (Å²) in [6, 6.07) is 9.55. The van der Waals surface area contributed by atoms with Gasteiger partial charge in [0.15, 0.2) is 5.82 Å². The normalized spacial score (nSPS) is 22.3. The Morgan fingerprint density at radius 2 is 2.13 bits per heavy atom. The van der Waals surface area contributed by atoms with Crippen LogP contribution in [0.25, 0.3) is 0 Å². The fourth-order valence-electron chi connectivity index (χ4n) is 3.03. The highest BCUT2D eigenvalue weighted by molar-refractivity contribution is 5.84. The van der Waals surface area contributed by atoms with E-state index in [4.69, 9.17) is 9.26 Å². The van der Waals surface area contributed by atoms with E-state index >= 15 is 0 Å². The molecule has 122 valence electrons. The van der Waals surface area contributed by atoms with Crippen molar-refractivity contribution in [2.75, 3.05) is 13.7 Å². The molecule has 0 N–H and O–H groups in total. The zero-order chi connectivity index (χ0) is 16.4. The van der Waals surface area contributed by atoms with Crippen LogP contribution in [0.15, 0.2) is 34.9 Å². The molecule has 1 aromatic carbocycles. The van der Waals surface area contributed by atoms with E-state index < -0.39 is 0 Å². The Balaban J connectivity index is 1.84. The maximum Gasteiger partial charge on any atom is 0.249 e. The molecule has 23 heavy (non-hydrogen) atoms. The zero-order valence-corrected chi connectivity index (χ0v) is 13.6. The summed E-state index contributed by atoms with van der Waals surface area (Å²) in [5.41, 5.74) is 0.999. The van der Waals surface area contributed by atoms with Crippen molar-refractivity contribution in [2.24, 2.45) is 0 Å². The van der Waals surface area contributed by atoms with Crippen molar-refractivity contribution in [1.82, 2.24) is 15.0 Å². The second-order valence-electron chi connectivity index (χ2n) is 5.91. The third-order valence-corrected chi connectivity index (χ3v) is 4.38. The van der Waals surface area contributed by atoms with E-state index in [1.54, 1.807) is 18.9 Å². The molecule has 1 fully saturated rings. The molecular formula is C17H21N3O3. The molecule has 0 aliphatic carbocycles. The highest BCUT2D eigenvalue weighted by atomic mass is 16.5. The first-order chi connectivity index (χ1) is 11.1. The fourth-order valence-corrected chi connectivity index (χ4v) is 3.03. The molecule has 6 nitrogen and oxygen atoms in total. The van der Waals surface area contributed by atoms with Crippen molar-refractivity contribution in [3.63, 3.8) is 0 Å². The Bertz CT molecular complexity index is 671. The number of aryl methyl sites for hydroxylation is 1. The molecule has 0 radical (unpaired) electrons. The maximum atomic E-state index is 13.0. The Morgan fingerprint density at radius 1 is 1.39 bits per heavy atom. The van der Waals surface area contributed by atoms with E-state index in [2.05, 4.69) is 10.1 Å². The van der Waals surface area contributed by atoms with Gasteiger partial charge in [0, 0.05) is 20.1 Å². The number of methoxy groups -OCH3 is 1. The summed E-state index contributed by atoms with van der Waals surface area (Å²) in [5, 5.41) is 3.84. The molecule has 6 heteroatoms. The predicted octanol–water partition coefficient (Wildman–Crippen LogP) is 2.47. The smallest absolute Gasteiger partial charge is 0.249 e. The first-order valence-electron chi connectivity index (χ1n) is 7.78. The minimum Gasteiger partial charge on any atom is -0.380 e. The average Bonchev–Trinajstić information content (AvgIpc) is 3.20. The second kappa shape index (κ2) is 6.50. The van der Waals surface area contributed by atoms with E-state index in [0.717, 1.165) is 5.56 Å². The molecule has 1 saturated heterocycles. The highest BCUT2D eigenvalue weighted by Gasteiger charge is 2.40. The van der Waals surface area contributed by atoms with E-state index in [0.29, 0.717) is 24.7 Å². The van der Waals surface area contributed by atoms with Gasteiger partial charge < -0.3 is 14.2 Å². The maximum absolute atomic E-state index is 13.0. The Labute approximate surface area is 135 Å². The highest BCUT2D eigenvalue weighted by Crippen LogP contribution is 2.35. The number of likely N-dealkylation sites (tertiary alicyclic amines) is 1. The Hall–Kier alpha value is -2.21.